The van der Waals surface area contributed by atoms with Crippen LogP contribution in [0.25, 0.3) is 0 Å². The summed E-state index contributed by atoms with van der Waals surface area (Å²) in [6.07, 6.45) is 5.92. The number of hydrogen-bond acceptors (Lipinski definition) is 3. The number of hydrogen-bond donors (Lipinski definition) is 1. The quantitative estimate of drug-likeness (QED) is 0.877. The first kappa shape index (κ1) is 15.5. The predicted octanol–water partition coefficient (Wildman–Crippen LogP) is 3.17. The van der Waals surface area contributed by atoms with E-state index in [1.807, 2.05) is 31.2 Å². The lowest BCUT2D eigenvalue weighted by Crippen LogP contribution is -2.26. The summed E-state index contributed by atoms with van der Waals surface area (Å²) in [5.74, 6) is 1.43. The third kappa shape index (κ3) is 4.32. The van der Waals surface area contributed by atoms with Crippen molar-refractivity contribution in [1.29, 1.82) is 0 Å². The fourth-order valence-electron chi connectivity index (χ4n) is 2.72. The van der Waals surface area contributed by atoms with E-state index in [-0.39, 0.29) is 6.04 Å². The van der Waals surface area contributed by atoms with Gasteiger partial charge in [-0.05, 0) is 37.5 Å². The highest BCUT2D eigenvalue weighted by Gasteiger charge is 2.21. The van der Waals surface area contributed by atoms with E-state index in [4.69, 9.17) is 10.5 Å². The van der Waals surface area contributed by atoms with Crippen molar-refractivity contribution in [2.24, 2.45) is 5.73 Å². The van der Waals surface area contributed by atoms with Crippen molar-refractivity contribution in [2.75, 3.05) is 12.4 Å². The van der Waals surface area contributed by atoms with Crippen LogP contribution in [-0.4, -0.2) is 21.8 Å². The maximum Gasteiger partial charge on any atom is 0.119 e. The first-order valence-corrected chi connectivity index (χ1v) is 8.94. The Hall–Kier alpha value is -0.870. The molecule has 2 atom stereocenters. The Morgan fingerprint density at radius 3 is 2.50 bits per heavy atom. The van der Waals surface area contributed by atoms with Gasteiger partial charge in [-0.25, -0.2) is 0 Å². The van der Waals surface area contributed by atoms with Crippen LogP contribution >= 0.6 is 0 Å². The molecule has 0 radical (unpaired) electrons. The molecule has 1 aromatic carbocycles. The monoisotopic (exact) mass is 295 g/mol. The second-order valence-corrected chi connectivity index (χ2v) is 7.18. The van der Waals surface area contributed by atoms with Gasteiger partial charge in [0, 0.05) is 27.8 Å². The van der Waals surface area contributed by atoms with Crippen molar-refractivity contribution in [3.05, 3.63) is 29.8 Å². The zero-order valence-corrected chi connectivity index (χ0v) is 13.0. The second kappa shape index (κ2) is 7.79. The van der Waals surface area contributed by atoms with Gasteiger partial charge in [0.15, 0.2) is 0 Å². The van der Waals surface area contributed by atoms with Crippen molar-refractivity contribution >= 4 is 10.8 Å². The minimum Gasteiger partial charge on any atom is -0.494 e. The Labute approximate surface area is 124 Å². The van der Waals surface area contributed by atoms with E-state index in [9.17, 15) is 4.21 Å². The molecule has 20 heavy (non-hydrogen) atoms. The molecule has 1 aliphatic carbocycles. The summed E-state index contributed by atoms with van der Waals surface area (Å²) in [4.78, 5) is 0. The molecule has 0 bridgehead atoms. The maximum atomic E-state index is 12.4. The van der Waals surface area contributed by atoms with Gasteiger partial charge in [-0.1, -0.05) is 31.4 Å². The molecule has 1 saturated carbocycles. The Morgan fingerprint density at radius 1 is 1.25 bits per heavy atom. The fourth-order valence-corrected chi connectivity index (χ4v) is 4.39. The van der Waals surface area contributed by atoms with Crippen LogP contribution in [0.2, 0.25) is 0 Å². The van der Waals surface area contributed by atoms with Gasteiger partial charge in [0.1, 0.15) is 5.75 Å². The summed E-state index contributed by atoms with van der Waals surface area (Å²) < 4.78 is 17.8. The molecule has 0 amide bonds. The Bertz CT molecular complexity index is 427. The van der Waals surface area contributed by atoms with E-state index < -0.39 is 10.8 Å². The molecule has 2 unspecified atom stereocenters. The summed E-state index contributed by atoms with van der Waals surface area (Å²) >= 11 is 0. The van der Waals surface area contributed by atoms with Gasteiger partial charge in [-0.2, -0.15) is 0 Å². The first-order chi connectivity index (χ1) is 9.70. The lowest BCUT2D eigenvalue weighted by Gasteiger charge is -2.22. The number of benzene rings is 1. The van der Waals surface area contributed by atoms with E-state index in [1.165, 1.54) is 19.3 Å². The van der Waals surface area contributed by atoms with E-state index in [1.54, 1.807) is 0 Å². The Morgan fingerprint density at radius 2 is 1.90 bits per heavy atom. The smallest absolute Gasteiger partial charge is 0.119 e. The molecular formula is C16H25NO2S. The standard InChI is InChI=1S/C16H25NO2S/c1-2-19-14-10-8-13(9-11-14)16(17)12-20(18)15-6-4-3-5-7-15/h8-11,15-16H,2-7,12,17H2,1H3. The number of rotatable bonds is 6. The summed E-state index contributed by atoms with van der Waals surface area (Å²) in [5, 5.41) is 0.359. The summed E-state index contributed by atoms with van der Waals surface area (Å²) in [6.45, 7) is 2.63. The van der Waals surface area contributed by atoms with Gasteiger partial charge < -0.3 is 10.5 Å². The van der Waals surface area contributed by atoms with Gasteiger partial charge in [0.2, 0.25) is 0 Å². The van der Waals surface area contributed by atoms with E-state index >= 15 is 0 Å². The van der Waals surface area contributed by atoms with Crippen LogP contribution in [0.4, 0.5) is 0 Å². The topological polar surface area (TPSA) is 52.3 Å². The summed E-state index contributed by atoms with van der Waals surface area (Å²) in [5.41, 5.74) is 7.23. The van der Waals surface area contributed by atoms with Crippen molar-refractivity contribution in [3.8, 4) is 5.75 Å². The van der Waals surface area contributed by atoms with Crippen molar-refractivity contribution in [3.63, 3.8) is 0 Å². The predicted molar refractivity (Wildman–Crippen MR) is 84.4 cm³/mol. The Kier molecular flexibility index (Phi) is 6.05. The summed E-state index contributed by atoms with van der Waals surface area (Å²) in [6, 6.07) is 7.68. The minimum absolute atomic E-state index is 0.145. The third-order valence-electron chi connectivity index (χ3n) is 3.89. The van der Waals surface area contributed by atoms with Crippen molar-refractivity contribution < 1.29 is 8.95 Å². The lowest BCUT2D eigenvalue weighted by molar-refractivity contribution is 0.340. The largest absolute Gasteiger partial charge is 0.494 e. The van der Waals surface area contributed by atoms with Crippen molar-refractivity contribution in [2.45, 2.75) is 50.3 Å². The van der Waals surface area contributed by atoms with Gasteiger partial charge in [0.25, 0.3) is 0 Å². The average molecular weight is 295 g/mol. The molecule has 1 aliphatic rings. The molecule has 112 valence electrons. The van der Waals surface area contributed by atoms with Crippen molar-refractivity contribution in [1.82, 2.24) is 0 Å². The normalized spacial score (nSPS) is 19.5. The molecule has 0 saturated heterocycles. The lowest BCUT2D eigenvalue weighted by atomic mass is 10.0. The number of nitrogens with two attached hydrogens (primary N) is 1. The van der Waals surface area contributed by atoms with Gasteiger partial charge in [-0.3, -0.25) is 4.21 Å². The van der Waals surface area contributed by atoms with Gasteiger partial charge in [-0.15, -0.1) is 0 Å². The van der Waals surface area contributed by atoms with Gasteiger partial charge >= 0.3 is 0 Å². The fraction of sp³-hybridized carbons (Fsp3) is 0.625. The summed E-state index contributed by atoms with van der Waals surface area (Å²) in [7, 11) is -0.802. The van der Waals surface area contributed by atoms with Crippen LogP contribution in [0.15, 0.2) is 24.3 Å². The van der Waals surface area contributed by atoms with Gasteiger partial charge in [0.05, 0.1) is 6.61 Å². The molecule has 0 aliphatic heterocycles. The zero-order valence-electron chi connectivity index (χ0n) is 12.2. The molecule has 1 fully saturated rings. The molecule has 2 N–H and O–H groups in total. The molecule has 2 rings (SSSR count). The van der Waals surface area contributed by atoms with Crippen LogP contribution in [0.3, 0.4) is 0 Å². The Balaban J connectivity index is 1.89. The molecule has 4 heteroatoms. The first-order valence-electron chi connectivity index (χ1n) is 7.56. The highest BCUT2D eigenvalue weighted by atomic mass is 32.2. The van der Waals surface area contributed by atoms with Crippen LogP contribution in [0.5, 0.6) is 5.75 Å². The highest BCUT2D eigenvalue weighted by Crippen LogP contribution is 2.24. The second-order valence-electron chi connectivity index (χ2n) is 5.42. The highest BCUT2D eigenvalue weighted by molar-refractivity contribution is 7.85. The molecule has 0 spiro atoms. The minimum atomic E-state index is -0.802. The average Bonchev–Trinajstić information content (AvgIpc) is 2.49. The molecular weight excluding hydrogens is 270 g/mol. The van der Waals surface area contributed by atoms with Crippen LogP contribution < -0.4 is 10.5 Å². The maximum absolute atomic E-state index is 12.4. The zero-order chi connectivity index (χ0) is 14.4. The number of ether oxygens (including phenoxy) is 1. The SMILES string of the molecule is CCOc1ccc(C(N)CS(=O)C2CCCCC2)cc1. The van der Waals surface area contributed by atoms with E-state index in [0.717, 1.165) is 24.2 Å². The molecule has 3 nitrogen and oxygen atoms in total. The van der Waals surface area contributed by atoms with E-state index in [2.05, 4.69) is 0 Å². The van der Waals surface area contributed by atoms with Crippen LogP contribution in [0, 0.1) is 0 Å². The molecule has 0 heterocycles. The van der Waals surface area contributed by atoms with Crippen LogP contribution in [-0.2, 0) is 10.8 Å². The molecule has 1 aromatic rings. The molecule has 0 aromatic heterocycles. The third-order valence-corrected chi connectivity index (χ3v) is 5.79. The van der Waals surface area contributed by atoms with E-state index in [0.29, 0.717) is 17.6 Å². The van der Waals surface area contributed by atoms with Crippen LogP contribution in [0.1, 0.15) is 50.6 Å².